The highest BCUT2D eigenvalue weighted by Gasteiger charge is 2.00. The predicted molar refractivity (Wildman–Crippen MR) is 83.2 cm³/mol. The van der Waals surface area contributed by atoms with Crippen molar-refractivity contribution >= 4 is 21.6 Å². The number of aromatic nitrogens is 1. The Morgan fingerprint density at radius 1 is 1.21 bits per heavy atom. The van der Waals surface area contributed by atoms with Gasteiger partial charge in [0.15, 0.2) is 0 Å². The Bertz CT molecular complexity index is 485. The normalized spacial score (nSPS) is 10.7. The third-order valence-corrected chi connectivity index (χ3v) is 3.37. The number of rotatable bonds is 6. The zero-order chi connectivity index (χ0) is 13.5. The van der Waals surface area contributed by atoms with Crippen LogP contribution in [0.15, 0.2) is 53.3 Å². The van der Waals surface area contributed by atoms with Crippen LogP contribution in [0.5, 0.6) is 0 Å². The molecule has 1 aromatic carbocycles. The lowest BCUT2D eigenvalue weighted by molar-refractivity contribution is 0.339. The molecule has 0 saturated carbocycles. The summed E-state index contributed by atoms with van der Waals surface area (Å²) in [6.45, 7) is 2.85. The van der Waals surface area contributed by atoms with Crippen LogP contribution in [0.1, 0.15) is 5.56 Å². The number of hydrogen-bond acceptors (Lipinski definition) is 3. The van der Waals surface area contributed by atoms with E-state index >= 15 is 0 Å². The monoisotopic (exact) mass is 319 g/mol. The lowest BCUT2D eigenvalue weighted by Crippen LogP contribution is -2.24. The van der Waals surface area contributed by atoms with E-state index < -0.39 is 0 Å². The lowest BCUT2D eigenvalue weighted by Gasteiger charge is -2.17. The molecule has 19 heavy (non-hydrogen) atoms. The Morgan fingerprint density at radius 3 is 2.68 bits per heavy atom. The fraction of sp³-hybridized carbons (Fsp3) is 0.267. The molecule has 0 unspecified atom stereocenters. The average molecular weight is 320 g/mol. The van der Waals surface area contributed by atoms with Crippen molar-refractivity contribution in [2.45, 2.75) is 6.54 Å². The second-order valence-corrected chi connectivity index (χ2v) is 5.45. The van der Waals surface area contributed by atoms with E-state index in [4.69, 9.17) is 0 Å². The summed E-state index contributed by atoms with van der Waals surface area (Å²) in [7, 11) is 2.12. The number of nitrogens with zero attached hydrogens (tertiary/aromatic N) is 2. The third-order valence-electron chi connectivity index (χ3n) is 2.84. The smallest absolute Gasteiger partial charge is 0.0341 e. The van der Waals surface area contributed by atoms with Gasteiger partial charge in [-0.25, -0.2) is 0 Å². The van der Waals surface area contributed by atoms with Gasteiger partial charge in [-0.1, -0.05) is 22.0 Å². The van der Waals surface area contributed by atoms with Crippen molar-refractivity contribution in [3.8, 4) is 0 Å². The summed E-state index contributed by atoms with van der Waals surface area (Å²) >= 11 is 3.43. The minimum Gasteiger partial charge on any atom is -0.384 e. The van der Waals surface area contributed by atoms with Gasteiger partial charge in [-0.05, 0) is 42.9 Å². The summed E-state index contributed by atoms with van der Waals surface area (Å²) < 4.78 is 1.10. The van der Waals surface area contributed by atoms with Crippen LogP contribution in [0, 0.1) is 0 Å². The molecule has 2 rings (SSSR count). The molecule has 0 aliphatic heterocycles. The van der Waals surface area contributed by atoms with E-state index in [0.29, 0.717) is 0 Å². The Balaban J connectivity index is 1.72. The van der Waals surface area contributed by atoms with E-state index in [-0.39, 0.29) is 0 Å². The standard InChI is InChI=1S/C15H18BrN3/c1-19(12-13-3-2-8-17-11-13)10-9-18-15-6-4-14(16)5-7-15/h2-8,11,18H,9-10,12H2,1H3. The zero-order valence-corrected chi connectivity index (χ0v) is 12.6. The molecule has 0 spiro atoms. The van der Waals surface area contributed by atoms with Crippen molar-refractivity contribution in [3.63, 3.8) is 0 Å². The number of pyridine rings is 1. The first-order valence-electron chi connectivity index (χ1n) is 6.31. The first-order chi connectivity index (χ1) is 9.24. The number of likely N-dealkylation sites (N-methyl/N-ethyl adjacent to an activating group) is 1. The van der Waals surface area contributed by atoms with Crippen molar-refractivity contribution in [2.24, 2.45) is 0 Å². The van der Waals surface area contributed by atoms with Gasteiger partial charge in [0.1, 0.15) is 0 Å². The molecular weight excluding hydrogens is 302 g/mol. The van der Waals surface area contributed by atoms with Crippen LogP contribution in [0.25, 0.3) is 0 Å². The van der Waals surface area contributed by atoms with Gasteiger partial charge in [0.2, 0.25) is 0 Å². The fourth-order valence-electron chi connectivity index (χ4n) is 1.84. The van der Waals surface area contributed by atoms with Crippen LogP contribution in [0.3, 0.4) is 0 Å². The van der Waals surface area contributed by atoms with Gasteiger partial charge < -0.3 is 10.2 Å². The van der Waals surface area contributed by atoms with E-state index in [0.717, 1.165) is 29.8 Å². The summed E-state index contributed by atoms with van der Waals surface area (Å²) in [4.78, 5) is 6.41. The summed E-state index contributed by atoms with van der Waals surface area (Å²) in [6.07, 6.45) is 3.72. The molecule has 0 aliphatic rings. The Hall–Kier alpha value is -1.39. The predicted octanol–water partition coefficient (Wildman–Crippen LogP) is 3.39. The molecule has 0 fully saturated rings. The van der Waals surface area contributed by atoms with Crippen LogP contribution >= 0.6 is 15.9 Å². The minimum absolute atomic E-state index is 0.926. The van der Waals surface area contributed by atoms with Crippen molar-refractivity contribution in [1.82, 2.24) is 9.88 Å². The fourth-order valence-corrected chi connectivity index (χ4v) is 2.11. The van der Waals surface area contributed by atoms with E-state index in [9.17, 15) is 0 Å². The number of anilines is 1. The van der Waals surface area contributed by atoms with Gasteiger partial charge >= 0.3 is 0 Å². The van der Waals surface area contributed by atoms with E-state index in [2.05, 4.69) is 56.4 Å². The highest BCUT2D eigenvalue weighted by molar-refractivity contribution is 9.10. The maximum atomic E-state index is 4.13. The number of benzene rings is 1. The summed E-state index contributed by atoms with van der Waals surface area (Å²) in [5.41, 5.74) is 2.40. The number of nitrogens with one attached hydrogen (secondary N) is 1. The third kappa shape index (κ3) is 5.01. The summed E-state index contributed by atoms with van der Waals surface area (Å²) in [5.74, 6) is 0. The van der Waals surface area contributed by atoms with Crippen LogP contribution in [0.4, 0.5) is 5.69 Å². The number of halogens is 1. The van der Waals surface area contributed by atoms with Gasteiger partial charge in [-0.2, -0.15) is 0 Å². The van der Waals surface area contributed by atoms with Crippen molar-refractivity contribution in [2.75, 3.05) is 25.5 Å². The molecule has 100 valence electrons. The average Bonchev–Trinajstić information content (AvgIpc) is 2.42. The van der Waals surface area contributed by atoms with Crippen LogP contribution in [-0.2, 0) is 6.54 Å². The molecule has 0 amide bonds. The van der Waals surface area contributed by atoms with Gasteiger partial charge in [-0.3, -0.25) is 4.98 Å². The zero-order valence-electron chi connectivity index (χ0n) is 11.0. The first-order valence-corrected chi connectivity index (χ1v) is 7.10. The van der Waals surface area contributed by atoms with Gasteiger partial charge in [0, 0.05) is 42.2 Å². The van der Waals surface area contributed by atoms with E-state index in [1.54, 1.807) is 6.20 Å². The quantitative estimate of drug-likeness (QED) is 0.884. The molecule has 0 atom stereocenters. The van der Waals surface area contributed by atoms with Crippen molar-refractivity contribution in [3.05, 3.63) is 58.8 Å². The Kier molecular flexibility index (Phi) is 5.36. The Morgan fingerprint density at radius 2 is 2.00 bits per heavy atom. The highest BCUT2D eigenvalue weighted by atomic mass is 79.9. The van der Waals surface area contributed by atoms with E-state index in [1.165, 1.54) is 5.56 Å². The molecule has 1 aromatic heterocycles. The van der Waals surface area contributed by atoms with Gasteiger partial charge in [0.05, 0.1) is 0 Å². The van der Waals surface area contributed by atoms with Gasteiger partial charge in [0.25, 0.3) is 0 Å². The molecule has 4 heteroatoms. The lowest BCUT2D eigenvalue weighted by atomic mass is 10.2. The highest BCUT2D eigenvalue weighted by Crippen LogP contribution is 2.13. The molecule has 0 aliphatic carbocycles. The second kappa shape index (κ2) is 7.26. The molecule has 0 saturated heterocycles. The molecule has 0 bridgehead atoms. The molecule has 2 aromatic rings. The first kappa shape index (κ1) is 14.0. The summed E-state index contributed by atoms with van der Waals surface area (Å²) in [5, 5.41) is 3.41. The van der Waals surface area contributed by atoms with Crippen molar-refractivity contribution < 1.29 is 0 Å². The van der Waals surface area contributed by atoms with E-state index in [1.807, 2.05) is 24.4 Å². The topological polar surface area (TPSA) is 28.2 Å². The van der Waals surface area contributed by atoms with Crippen LogP contribution in [0.2, 0.25) is 0 Å². The second-order valence-electron chi connectivity index (χ2n) is 4.53. The molecule has 3 nitrogen and oxygen atoms in total. The summed E-state index contributed by atoms with van der Waals surface area (Å²) in [6, 6.07) is 12.3. The number of hydrogen-bond donors (Lipinski definition) is 1. The largest absolute Gasteiger partial charge is 0.384 e. The Labute approximate surface area is 122 Å². The maximum absolute atomic E-state index is 4.13. The van der Waals surface area contributed by atoms with Crippen LogP contribution in [-0.4, -0.2) is 30.0 Å². The molecule has 1 heterocycles. The maximum Gasteiger partial charge on any atom is 0.0341 e. The van der Waals surface area contributed by atoms with Crippen LogP contribution < -0.4 is 5.32 Å². The molecular formula is C15H18BrN3. The molecule has 1 N–H and O–H groups in total. The van der Waals surface area contributed by atoms with Crippen molar-refractivity contribution in [1.29, 1.82) is 0 Å². The minimum atomic E-state index is 0.926. The molecule has 0 radical (unpaired) electrons. The SMILES string of the molecule is CN(CCNc1ccc(Br)cc1)Cc1cccnc1. The van der Waals surface area contributed by atoms with Gasteiger partial charge in [-0.15, -0.1) is 0 Å².